The Hall–Kier alpha value is -3.47. The van der Waals surface area contributed by atoms with Gasteiger partial charge in [0.15, 0.2) is 5.78 Å². The summed E-state index contributed by atoms with van der Waals surface area (Å²) in [5.74, 6) is 1.33. The molecule has 3 rings (SSSR count). The third-order valence-electron chi connectivity index (χ3n) is 4.03. The van der Waals surface area contributed by atoms with Crippen LogP contribution in [0.25, 0.3) is 17.0 Å². The van der Waals surface area contributed by atoms with Gasteiger partial charge in [-0.15, -0.1) is 0 Å². The highest BCUT2D eigenvalue weighted by atomic mass is 16.5. The van der Waals surface area contributed by atoms with Crippen LogP contribution in [0.5, 0.6) is 17.2 Å². The molecule has 0 amide bonds. The van der Waals surface area contributed by atoms with Crippen molar-refractivity contribution >= 4 is 22.8 Å². The molecule has 5 heteroatoms. The first kappa shape index (κ1) is 18.3. The van der Waals surface area contributed by atoms with Gasteiger partial charge in [-0.1, -0.05) is 30.9 Å². The van der Waals surface area contributed by atoms with Crippen molar-refractivity contribution in [3.8, 4) is 17.2 Å². The Labute approximate surface area is 157 Å². The lowest BCUT2D eigenvalue weighted by molar-refractivity contribution is 0.104. The number of benzene rings is 2. The van der Waals surface area contributed by atoms with Gasteiger partial charge in [0.2, 0.25) is 0 Å². The zero-order chi connectivity index (χ0) is 19.2. The first-order chi connectivity index (χ1) is 13.2. The number of methoxy groups -OCH3 is 2. The summed E-state index contributed by atoms with van der Waals surface area (Å²) in [4.78, 5) is 12.9. The molecule has 0 bridgehead atoms. The zero-order valence-corrected chi connectivity index (χ0v) is 15.2. The second-order valence-electron chi connectivity index (χ2n) is 5.69. The lowest BCUT2D eigenvalue weighted by Gasteiger charge is -2.13. The van der Waals surface area contributed by atoms with Gasteiger partial charge in [0.25, 0.3) is 0 Å². The van der Waals surface area contributed by atoms with Crippen LogP contribution in [0.15, 0.2) is 65.8 Å². The van der Waals surface area contributed by atoms with E-state index >= 15 is 0 Å². The number of hydrogen-bond donors (Lipinski definition) is 0. The summed E-state index contributed by atoms with van der Waals surface area (Å²) in [5, 5.41) is 0.713. The van der Waals surface area contributed by atoms with Crippen molar-refractivity contribution < 1.29 is 23.4 Å². The molecule has 0 saturated heterocycles. The smallest absolute Gasteiger partial charge is 0.193 e. The topological polar surface area (TPSA) is 57.9 Å². The van der Waals surface area contributed by atoms with Crippen LogP contribution in [0, 0.1) is 0 Å². The van der Waals surface area contributed by atoms with Crippen molar-refractivity contribution in [2.75, 3.05) is 20.8 Å². The molecule has 1 heterocycles. The number of carbonyl (C=O) groups excluding carboxylic acids is 1. The molecule has 0 saturated carbocycles. The van der Waals surface area contributed by atoms with Gasteiger partial charge < -0.3 is 18.6 Å². The van der Waals surface area contributed by atoms with E-state index in [0.717, 1.165) is 11.3 Å². The third-order valence-corrected chi connectivity index (χ3v) is 4.03. The molecule has 0 atom stereocenters. The SMILES string of the molecule is C=CCOc1cc2occc2c(OC)c1C(=O)/C=C/c1ccc(OC)cc1. The molecular formula is C22H20O5. The minimum Gasteiger partial charge on any atom is -0.497 e. The van der Waals surface area contributed by atoms with E-state index in [1.165, 1.54) is 13.2 Å². The second kappa shape index (κ2) is 8.27. The number of ketones is 1. The summed E-state index contributed by atoms with van der Waals surface area (Å²) in [7, 11) is 3.13. The molecule has 0 radical (unpaired) electrons. The van der Waals surface area contributed by atoms with Crippen LogP contribution in [0.3, 0.4) is 0 Å². The molecule has 0 aliphatic carbocycles. The largest absolute Gasteiger partial charge is 0.497 e. The van der Waals surface area contributed by atoms with E-state index in [0.29, 0.717) is 28.0 Å². The first-order valence-electron chi connectivity index (χ1n) is 8.36. The van der Waals surface area contributed by atoms with E-state index in [9.17, 15) is 4.79 Å². The van der Waals surface area contributed by atoms with Crippen LogP contribution < -0.4 is 14.2 Å². The maximum absolute atomic E-state index is 12.9. The maximum Gasteiger partial charge on any atom is 0.193 e. The van der Waals surface area contributed by atoms with E-state index in [4.69, 9.17) is 18.6 Å². The molecule has 1 aromatic heterocycles. The lowest BCUT2D eigenvalue weighted by atomic mass is 10.0. The first-order valence-corrected chi connectivity index (χ1v) is 8.36. The predicted octanol–water partition coefficient (Wildman–Crippen LogP) is 4.91. The zero-order valence-electron chi connectivity index (χ0n) is 15.2. The third kappa shape index (κ3) is 3.87. The van der Waals surface area contributed by atoms with E-state index in [1.54, 1.807) is 37.7 Å². The quantitative estimate of drug-likeness (QED) is 0.323. The van der Waals surface area contributed by atoms with Gasteiger partial charge in [-0.3, -0.25) is 4.79 Å². The number of furan rings is 1. The average molecular weight is 364 g/mol. The van der Waals surface area contributed by atoms with Crippen LogP contribution in [0.1, 0.15) is 15.9 Å². The van der Waals surface area contributed by atoms with Gasteiger partial charge in [0.05, 0.1) is 25.9 Å². The highest BCUT2D eigenvalue weighted by Gasteiger charge is 2.21. The fourth-order valence-corrected chi connectivity index (χ4v) is 2.74. The van der Waals surface area contributed by atoms with Gasteiger partial charge in [0.1, 0.15) is 35.0 Å². The number of rotatable bonds is 8. The fraction of sp³-hybridized carbons (Fsp3) is 0.136. The van der Waals surface area contributed by atoms with E-state index in [2.05, 4.69) is 6.58 Å². The molecule has 0 aliphatic heterocycles. The normalized spacial score (nSPS) is 10.9. The highest BCUT2D eigenvalue weighted by molar-refractivity contribution is 6.13. The van der Waals surface area contributed by atoms with E-state index in [1.807, 2.05) is 24.3 Å². The minimum atomic E-state index is -0.232. The molecule has 27 heavy (non-hydrogen) atoms. The Morgan fingerprint density at radius 3 is 2.59 bits per heavy atom. The van der Waals surface area contributed by atoms with Crippen molar-refractivity contribution in [3.63, 3.8) is 0 Å². The summed E-state index contributed by atoms with van der Waals surface area (Å²) in [6.45, 7) is 3.91. The van der Waals surface area contributed by atoms with Crippen LogP contribution in [0.2, 0.25) is 0 Å². The molecular weight excluding hydrogens is 344 g/mol. The Kier molecular flexibility index (Phi) is 5.61. The van der Waals surface area contributed by atoms with Crippen LogP contribution in [0.4, 0.5) is 0 Å². The van der Waals surface area contributed by atoms with Gasteiger partial charge in [-0.25, -0.2) is 0 Å². The number of allylic oxidation sites excluding steroid dienone is 1. The van der Waals surface area contributed by atoms with E-state index in [-0.39, 0.29) is 12.4 Å². The van der Waals surface area contributed by atoms with Gasteiger partial charge >= 0.3 is 0 Å². The molecule has 138 valence electrons. The molecule has 3 aromatic rings. The summed E-state index contributed by atoms with van der Waals surface area (Å²) in [6.07, 6.45) is 6.39. The second-order valence-corrected chi connectivity index (χ2v) is 5.69. The summed E-state index contributed by atoms with van der Waals surface area (Å²) in [6, 6.07) is 10.9. The molecule has 0 N–H and O–H groups in total. The highest BCUT2D eigenvalue weighted by Crippen LogP contribution is 2.38. The monoisotopic (exact) mass is 364 g/mol. The van der Waals surface area contributed by atoms with Crippen LogP contribution in [-0.2, 0) is 0 Å². The van der Waals surface area contributed by atoms with Gasteiger partial charge in [0, 0.05) is 6.07 Å². The summed E-state index contributed by atoms with van der Waals surface area (Å²) in [5.41, 5.74) is 1.81. The van der Waals surface area contributed by atoms with Crippen molar-refractivity contribution in [2.24, 2.45) is 0 Å². The molecule has 0 aliphatic rings. The molecule has 0 unspecified atom stereocenters. The van der Waals surface area contributed by atoms with Crippen LogP contribution >= 0.6 is 0 Å². The van der Waals surface area contributed by atoms with E-state index < -0.39 is 0 Å². The number of hydrogen-bond acceptors (Lipinski definition) is 5. The lowest BCUT2D eigenvalue weighted by Crippen LogP contribution is -2.05. The minimum absolute atomic E-state index is 0.232. The molecule has 2 aromatic carbocycles. The number of fused-ring (bicyclic) bond motifs is 1. The summed E-state index contributed by atoms with van der Waals surface area (Å²) < 4.78 is 21.8. The van der Waals surface area contributed by atoms with Gasteiger partial charge in [-0.05, 0) is 29.8 Å². The Balaban J connectivity index is 2.00. The van der Waals surface area contributed by atoms with Crippen LogP contribution in [-0.4, -0.2) is 26.6 Å². The van der Waals surface area contributed by atoms with Gasteiger partial charge in [-0.2, -0.15) is 0 Å². The number of ether oxygens (including phenoxy) is 3. The van der Waals surface area contributed by atoms with Crippen molar-refractivity contribution in [3.05, 3.63) is 72.5 Å². The summed E-state index contributed by atoms with van der Waals surface area (Å²) >= 11 is 0. The Bertz CT molecular complexity index is 980. The van der Waals surface area contributed by atoms with Crippen molar-refractivity contribution in [2.45, 2.75) is 0 Å². The standard InChI is InChI=1S/C22H20O5/c1-4-12-26-20-14-19-17(11-13-27-19)22(25-3)21(20)18(23)10-7-15-5-8-16(24-2)9-6-15/h4-11,13-14H,1,12H2,2-3H3/b10-7+. The number of carbonyl (C=O) groups is 1. The predicted molar refractivity (Wildman–Crippen MR) is 105 cm³/mol. The molecule has 0 fully saturated rings. The van der Waals surface area contributed by atoms with Crippen molar-refractivity contribution in [1.29, 1.82) is 0 Å². The van der Waals surface area contributed by atoms with Crippen molar-refractivity contribution in [1.82, 2.24) is 0 Å². The molecule has 0 spiro atoms. The average Bonchev–Trinajstić information content (AvgIpc) is 3.17. The molecule has 5 nitrogen and oxygen atoms in total. The Morgan fingerprint density at radius 1 is 1.15 bits per heavy atom. The Morgan fingerprint density at radius 2 is 1.93 bits per heavy atom. The fourth-order valence-electron chi connectivity index (χ4n) is 2.74. The maximum atomic E-state index is 12.9.